The van der Waals surface area contributed by atoms with Crippen molar-refractivity contribution in [2.75, 3.05) is 19.6 Å². The summed E-state index contributed by atoms with van der Waals surface area (Å²) in [5.74, 6) is 1.42. The van der Waals surface area contributed by atoms with E-state index in [0.717, 1.165) is 63.1 Å². The van der Waals surface area contributed by atoms with E-state index in [1.807, 2.05) is 0 Å². The van der Waals surface area contributed by atoms with Crippen molar-refractivity contribution < 1.29 is 9.32 Å². The zero-order valence-corrected chi connectivity index (χ0v) is 25.7. The number of nitrogens with one attached hydrogen (secondary N) is 1. The fourth-order valence-electron chi connectivity index (χ4n) is 6.14. The molecule has 0 atom stereocenters. The molecule has 0 bridgehead atoms. The Morgan fingerprint density at radius 3 is 2.28 bits per heavy atom. The minimum Gasteiger partial charge on any atom is -0.352 e. The second-order valence-corrected chi connectivity index (χ2v) is 13.2. The van der Waals surface area contributed by atoms with E-state index in [1.165, 1.54) is 22.3 Å². The molecular weight excluding hydrogens is 534 g/mol. The number of hydrogen-bond acceptors (Lipinski definition) is 6. The summed E-state index contributed by atoms with van der Waals surface area (Å²) in [6, 6.07) is 25.8. The van der Waals surface area contributed by atoms with Crippen molar-refractivity contribution in [1.29, 1.82) is 0 Å². The second kappa shape index (κ2) is 12.8. The number of hydrogen-bond donors (Lipinski definition) is 1. The number of benzene rings is 3. The zero-order chi connectivity index (χ0) is 29.8. The van der Waals surface area contributed by atoms with Crippen molar-refractivity contribution in [3.8, 4) is 11.4 Å². The first kappa shape index (κ1) is 29.3. The van der Waals surface area contributed by atoms with Gasteiger partial charge in [-0.2, -0.15) is 4.98 Å². The zero-order valence-electron chi connectivity index (χ0n) is 25.7. The van der Waals surface area contributed by atoms with Crippen LogP contribution in [0.4, 0.5) is 0 Å². The van der Waals surface area contributed by atoms with Gasteiger partial charge in [-0.3, -0.25) is 14.6 Å². The number of likely N-dealkylation sites (tertiary alicyclic amines) is 1. The molecule has 224 valence electrons. The van der Waals surface area contributed by atoms with Gasteiger partial charge in [0.25, 0.3) is 0 Å². The molecule has 4 aromatic rings. The molecule has 1 fully saturated rings. The maximum atomic E-state index is 12.9. The number of fused-ring (bicyclic) bond motifs is 1. The molecule has 0 radical (unpaired) electrons. The Labute approximate surface area is 255 Å². The van der Waals surface area contributed by atoms with E-state index in [2.05, 4.69) is 119 Å². The van der Waals surface area contributed by atoms with E-state index in [9.17, 15) is 4.79 Å². The molecule has 2 aliphatic heterocycles. The van der Waals surface area contributed by atoms with Crippen LogP contribution in [0.25, 0.3) is 11.4 Å². The molecule has 0 saturated carbocycles. The van der Waals surface area contributed by atoms with Gasteiger partial charge in [-0.25, -0.2) is 0 Å². The van der Waals surface area contributed by atoms with Crippen molar-refractivity contribution in [2.45, 2.75) is 71.6 Å². The van der Waals surface area contributed by atoms with Crippen LogP contribution in [0, 0.1) is 5.92 Å². The molecule has 0 spiro atoms. The topological polar surface area (TPSA) is 74.5 Å². The Bertz CT molecular complexity index is 1510. The number of rotatable bonds is 8. The summed E-state index contributed by atoms with van der Waals surface area (Å²) < 4.78 is 5.56. The van der Waals surface area contributed by atoms with E-state index in [4.69, 9.17) is 4.52 Å². The van der Waals surface area contributed by atoms with Crippen LogP contribution >= 0.6 is 0 Å². The summed E-state index contributed by atoms with van der Waals surface area (Å²) in [7, 11) is 0. The normalized spacial score (nSPS) is 16.6. The highest BCUT2D eigenvalue weighted by atomic mass is 16.5. The average molecular weight is 578 g/mol. The molecule has 3 heterocycles. The molecule has 3 aromatic carbocycles. The molecule has 43 heavy (non-hydrogen) atoms. The molecule has 7 nitrogen and oxygen atoms in total. The third-order valence-corrected chi connectivity index (χ3v) is 8.90. The molecule has 1 amide bonds. The molecule has 6 rings (SSSR count). The Kier molecular flexibility index (Phi) is 8.73. The molecule has 0 aliphatic carbocycles. The van der Waals surface area contributed by atoms with Crippen LogP contribution in [-0.4, -0.2) is 45.5 Å². The Hall–Kier alpha value is -3.81. The average Bonchev–Trinajstić information content (AvgIpc) is 3.49. The van der Waals surface area contributed by atoms with Crippen LogP contribution in [0.2, 0.25) is 0 Å². The predicted molar refractivity (Wildman–Crippen MR) is 169 cm³/mol. The highest BCUT2D eigenvalue weighted by Gasteiger charge is 2.26. The lowest BCUT2D eigenvalue weighted by molar-refractivity contribution is -0.126. The molecule has 7 heteroatoms. The number of amides is 1. The Balaban J connectivity index is 0.923. The fraction of sp³-hybridized carbons (Fsp3) is 0.417. The summed E-state index contributed by atoms with van der Waals surface area (Å²) in [5.41, 5.74) is 7.72. The minimum absolute atomic E-state index is 0.0390. The van der Waals surface area contributed by atoms with E-state index in [-0.39, 0.29) is 17.2 Å². The second-order valence-electron chi connectivity index (χ2n) is 13.2. The first-order valence-electron chi connectivity index (χ1n) is 15.6. The van der Waals surface area contributed by atoms with Crippen LogP contribution in [0.15, 0.2) is 77.3 Å². The molecule has 1 saturated heterocycles. The van der Waals surface area contributed by atoms with E-state index >= 15 is 0 Å². The monoisotopic (exact) mass is 577 g/mol. The number of aromatic nitrogens is 2. The summed E-state index contributed by atoms with van der Waals surface area (Å²) in [4.78, 5) is 22.4. The van der Waals surface area contributed by atoms with Gasteiger partial charge in [0.15, 0.2) is 0 Å². The van der Waals surface area contributed by atoms with E-state index < -0.39 is 0 Å². The van der Waals surface area contributed by atoms with Gasteiger partial charge in [0.05, 0.1) is 6.54 Å². The fourth-order valence-corrected chi connectivity index (χ4v) is 6.14. The molecular formula is C36H43N5O2. The summed E-state index contributed by atoms with van der Waals surface area (Å²) >= 11 is 0. The van der Waals surface area contributed by atoms with Gasteiger partial charge in [0.2, 0.25) is 17.6 Å². The molecule has 1 N–H and O–H groups in total. The van der Waals surface area contributed by atoms with E-state index in [1.54, 1.807) is 0 Å². The number of carbonyl (C=O) groups excluding carboxylic acids is 1. The largest absolute Gasteiger partial charge is 0.352 e. The summed E-state index contributed by atoms with van der Waals surface area (Å²) in [6.07, 6.45) is 2.78. The standard InChI is InChI=1S/C36H43N5O2/c1-36(2,3)32-14-12-29(13-15-32)34-38-33(43-39-34)25-40-19-17-30(18-20-40)35(42)37-22-26-8-10-27(11-9-26)23-41-21-16-28-6-4-5-7-31(28)24-41/h4-15,30H,16-25H2,1-3H3,(H,37,42). The lowest BCUT2D eigenvalue weighted by Gasteiger charge is -2.30. The van der Waals surface area contributed by atoms with Gasteiger partial charge in [-0.05, 0) is 65.6 Å². The lowest BCUT2D eigenvalue weighted by Crippen LogP contribution is -2.40. The van der Waals surface area contributed by atoms with E-state index in [0.29, 0.717) is 24.8 Å². The summed E-state index contributed by atoms with van der Waals surface area (Å²) in [5, 5.41) is 7.37. The van der Waals surface area contributed by atoms with Crippen molar-refractivity contribution in [1.82, 2.24) is 25.3 Å². The molecule has 0 unspecified atom stereocenters. The van der Waals surface area contributed by atoms with Crippen molar-refractivity contribution in [2.24, 2.45) is 5.92 Å². The number of nitrogens with zero attached hydrogens (tertiary/aromatic N) is 4. The van der Waals surface area contributed by atoms with Crippen molar-refractivity contribution in [3.05, 3.63) is 107 Å². The number of carbonyl (C=O) groups is 1. The third kappa shape index (κ3) is 7.40. The Morgan fingerprint density at radius 1 is 0.860 bits per heavy atom. The van der Waals surface area contributed by atoms with Gasteiger partial charge in [0, 0.05) is 37.7 Å². The molecule has 1 aromatic heterocycles. The summed E-state index contributed by atoms with van der Waals surface area (Å²) in [6.45, 7) is 12.5. The predicted octanol–water partition coefficient (Wildman–Crippen LogP) is 6.12. The van der Waals surface area contributed by atoms with Gasteiger partial charge < -0.3 is 9.84 Å². The van der Waals surface area contributed by atoms with Crippen LogP contribution < -0.4 is 5.32 Å². The Morgan fingerprint density at radius 2 is 1.56 bits per heavy atom. The minimum atomic E-state index is 0.0390. The SMILES string of the molecule is CC(C)(C)c1ccc(-c2noc(CN3CCC(C(=O)NCc4ccc(CN5CCc6ccccc6C5)cc4)CC3)n2)cc1. The molecule has 2 aliphatic rings. The highest BCUT2D eigenvalue weighted by molar-refractivity contribution is 5.78. The van der Waals surface area contributed by atoms with Gasteiger partial charge >= 0.3 is 0 Å². The first-order valence-corrected chi connectivity index (χ1v) is 15.6. The maximum Gasteiger partial charge on any atom is 0.241 e. The lowest BCUT2D eigenvalue weighted by atomic mass is 9.87. The van der Waals surface area contributed by atoms with Crippen LogP contribution in [0.3, 0.4) is 0 Å². The third-order valence-electron chi connectivity index (χ3n) is 8.90. The first-order chi connectivity index (χ1) is 20.8. The van der Waals surface area contributed by atoms with Crippen molar-refractivity contribution in [3.63, 3.8) is 0 Å². The smallest absolute Gasteiger partial charge is 0.241 e. The van der Waals surface area contributed by atoms with Gasteiger partial charge in [-0.15, -0.1) is 0 Å². The number of piperidine rings is 1. The van der Waals surface area contributed by atoms with Crippen LogP contribution in [0.5, 0.6) is 0 Å². The quantitative estimate of drug-likeness (QED) is 0.272. The van der Waals surface area contributed by atoms with Gasteiger partial charge in [-0.1, -0.05) is 98.7 Å². The van der Waals surface area contributed by atoms with Crippen molar-refractivity contribution >= 4 is 5.91 Å². The highest BCUT2D eigenvalue weighted by Crippen LogP contribution is 2.26. The van der Waals surface area contributed by atoms with Crippen LogP contribution in [0.1, 0.15) is 67.3 Å². The maximum absolute atomic E-state index is 12.9. The van der Waals surface area contributed by atoms with Gasteiger partial charge in [0.1, 0.15) is 0 Å². The van der Waals surface area contributed by atoms with Crippen LogP contribution in [-0.2, 0) is 42.8 Å².